The number of nitrogens with one attached hydrogen (secondary N) is 1. The lowest BCUT2D eigenvalue weighted by atomic mass is 9.94. The molecule has 1 aromatic carbocycles. The number of hydrogen-bond donors (Lipinski definition) is 1. The quantitative estimate of drug-likeness (QED) is 0.822. The van der Waals surface area contributed by atoms with Gasteiger partial charge >= 0.3 is 0 Å². The van der Waals surface area contributed by atoms with Gasteiger partial charge in [0.25, 0.3) is 5.91 Å². The van der Waals surface area contributed by atoms with Crippen LogP contribution in [0, 0.1) is 18.8 Å². The zero-order valence-corrected chi connectivity index (χ0v) is 17.0. The Morgan fingerprint density at radius 1 is 1.04 bits per heavy atom. The molecular weight excluding hydrogens is 350 g/mol. The first-order valence-electron chi connectivity index (χ1n) is 11.0. The summed E-state index contributed by atoms with van der Waals surface area (Å²) in [4.78, 5) is 30.2. The zero-order chi connectivity index (χ0) is 19.5. The average molecular weight is 384 g/mol. The predicted octanol–water partition coefficient (Wildman–Crippen LogP) is 2.84. The van der Waals surface area contributed by atoms with Gasteiger partial charge in [-0.2, -0.15) is 0 Å². The van der Waals surface area contributed by atoms with E-state index in [2.05, 4.69) is 10.2 Å². The normalized spacial score (nSPS) is 22.2. The minimum Gasteiger partial charge on any atom is -0.354 e. The summed E-state index contributed by atoms with van der Waals surface area (Å²) in [5, 5.41) is 3.23. The second kappa shape index (κ2) is 8.64. The SMILES string of the molecule is Cc1ccccc1C(=O)N1CCN([C@@H](C(=O)NCC2CC2)C2CCCC2)CC1. The first-order valence-corrected chi connectivity index (χ1v) is 11.0. The molecule has 1 heterocycles. The fourth-order valence-electron chi connectivity index (χ4n) is 4.81. The molecule has 0 bridgehead atoms. The molecule has 5 nitrogen and oxygen atoms in total. The summed E-state index contributed by atoms with van der Waals surface area (Å²) in [5.41, 5.74) is 1.82. The van der Waals surface area contributed by atoms with Crippen LogP contribution in [0.4, 0.5) is 0 Å². The molecule has 2 aliphatic carbocycles. The zero-order valence-electron chi connectivity index (χ0n) is 17.0. The highest BCUT2D eigenvalue weighted by atomic mass is 16.2. The highest BCUT2D eigenvalue weighted by Crippen LogP contribution is 2.32. The van der Waals surface area contributed by atoms with E-state index in [-0.39, 0.29) is 17.9 Å². The van der Waals surface area contributed by atoms with Crippen LogP contribution in [0.1, 0.15) is 54.4 Å². The third kappa shape index (κ3) is 4.40. The molecule has 5 heteroatoms. The lowest BCUT2D eigenvalue weighted by Gasteiger charge is -2.41. The number of carbonyl (C=O) groups is 2. The van der Waals surface area contributed by atoms with E-state index in [1.165, 1.54) is 25.7 Å². The molecule has 1 saturated heterocycles. The van der Waals surface area contributed by atoms with Gasteiger partial charge in [-0.1, -0.05) is 31.0 Å². The van der Waals surface area contributed by atoms with Crippen molar-refractivity contribution in [1.29, 1.82) is 0 Å². The Morgan fingerprint density at radius 2 is 1.71 bits per heavy atom. The van der Waals surface area contributed by atoms with Gasteiger partial charge in [0, 0.05) is 38.3 Å². The molecule has 1 atom stereocenters. The van der Waals surface area contributed by atoms with Gasteiger partial charge in [0.2, 0.25) is 5.91 Å². The number of rotatable bonds is 6. The van der Waals surface area contributed by atoms with E-state index in [1.54, 1.807) is 0 Å². The van der Waals surface area contributed by atoms with Crippen LogP contribution in [0.25, 0.3) is 0 Å². The maximum atomic E-state index is 13.0. The highest BCUT2D eigenvalue weighted by molar-refractivity contribution is 5.95. The third-order valence-electron chi connectivity index (χ3n) is 6.75. The molecule has 4 rings (SSSR count). The minimum atomic E-state index is -0.0167. The van der Waals surface area contributed by atoms with Crippen molar-refractivity contribution in [1.82, 2.24) is 15.1 Å². The molecule has 28 heavy (non-hydrogen) atoms. The summed E-state index contributed by atoms with van der Waals surface area (Å²) < 4.78 is 0. The van der Waals surface area contributed by atoms with Crippen molar-refractivity contribution < 1.29 is 9.59 Å². The Balaban J connectivity index is 1.38. The van der Waals surface area contributed by atoms with Gasteiger partial charge in [0.15, 0.2) is 0 Å². The summed E-state index contributed by atoms with van der Waals surface area (Å²) in [6, 6.07) is 7.78. The number of hydrogen-bond acceptors (Lipinski definition) is 3. The van der Waals surface area contributed by atoms with E-state index in [1.807, 2.05) is 36.1 Å². The number of carbonyl (C=O) groups excluding carboxylic acids is 2. The highest BCUT2D eigenvalue weighted by Gasteiger charge is 2.38. The maximum Gasteiger partial charge on any atom is 0.254 e. The Morgan fingerprint density at radius 3 is 2.36 bits per heavy atom. The molecule has 1 N–H and O–H groups in total. The average Bonchev–Trinajstić information content (AvgIpc) is 3.40. The fourth-order valence-corrected chi connectivity index (χ4v) is 4.81. The number of aryl methyl sites for hydroxylation is 1. The molecule has 0 unspecified atom stereocenters. The van der Waals surface area contributed by atoms with E-state index >= 15 is 0 Å². The fraction of sp³-hybridized carbons (Fsp3) is 0.652. The lowest BCUT2D eigenvalue weighted by molar-refractivity contribution is -0.129. The van der Waals surface area contributed by atoms with E-state index in [4.69, 9.17) is 0 Å². The van der Waals surface area contributed by atoms with Crippen LogP contribution in [0.5, 0.6) is 0 Å². The van der Waals surface area contributed by atoms with Crippen molar-refractivity contribution in [2.75, 3.05) is 32.7 Å². The van der Waals surface area contributed by atoms with Crippen LogP contribution in [0.2, 0.25) is 0 Å². The molecule has 152 valence electrons. The number of piperazine rings is 1. The van der Waals surface area contributed by atoms with Crippen molar-refractivity contribution in [2.45, 2.75) is 51.5 Å². The molecule has 1 aliphatic heterocycles. The van der Waals surface area contributed by atoms with Crippen LogP contribution in [0.3, 0.4) is 0 Å². The van der Waals surface area contributed by atoms with Gasteiger partial charge < -0.3 is 10.2 Å². The van der Waals surface area contributed by atoms with Crippen molar-refractivity contribution in [3.05, 3.63) is 35.4 Å². The largest absolute Gasteiger partial charge is 0.354 e. The lowest BCUT2D eigenvalue weighted by Crippen LogP contribution is -2.58. The predicted molar refractivity (Wildman–Crippen MR) is 110 cm³/mol. The van der Waals surface area contributed by atoms with Gasteiger partial charge in [-0.3, -0.25) is 14.5 Å². The van der Waals surface area contributed by atoms with E-state index in [9.17, 15) is 9.59 Å². The Labute approximate surface area is 168 Å². The number of nitrogens with zero attached hydrogens (tertiary/aromatic N) is 2. The second-order valence-corrected chi connectivity index (χ2v) is 8.82. The number of amides is 2. The van der Waals surface area contributed by atoms with Gasteiger partial charge in [0.05, 0.1) is 6.04 Å². The molecule has 3 aliphatic rings. The van der Waals surface area contributed by atoms with Crippen LogP contribution in [0.15, 0.2) is 24.3 Å². The monoisotopic (exact) mass is 383 g/mol. The molecule has 0 aromatic heterocycles. The van der Waals surface area contributed by atoms with Crippen LogP contribution in [-0.4, -0.2) is 60.4 Å². The topological polar surface area (TPSA) is 52.7 Å². The molecule has 0 radical (unpaired) electrons. The first kappa shape index (κ1) is 19.4. The van der Waals surface area contributed by atoms with Crippen LogP contribution >= 0.6 is 0 Å². The Kier molecular flexibility index (Phi) is 6.00. The third-order valence-corrected chi connectivity index (χ3v) is 6.75. The summed E-state index contributed by atoms with van der Waals surface area (Å²) in [6.07, 6.45) is 7.31. The second-order valence-electron chi connectivity index (χ2n) is 8.82. The minimum absolute atomic E-state index is 0.0167. The van der Waals surface area contributed by atoms with Gasteiger partial charge in [-0.15, -0.1) is 0 Å². The molecule has 3 fully saturated rings. The van der Waals surface area contributed by atoms with Crippen LogP contribution < -0.4 is 5.32 Å². The smallest absolute Gasteiger partial charge is 0.254 e. The van der Waals surface area contributed by atoms with Gasteiger partial charge in [-0.05, 0) is 56.1 Å². The molecular formula is C23H33N3O2. The molecule has 2 saturated carbocycles. The van der Waals surface area contributed by atoms with Crippen molar-refractivity contribution in [3.63, 3.8) is 0 Å². The summed E-state index contributed by atoms with van der Waals surface area (Å²) in [5.74, 6) is 1.51. The maximum absolute atomic E-state index is 13.0. The van der Waals surface area contributed by atoms with Gasteiger partial charge in [0.1, 0.15) is 0 Å². The van der Waals surface area contributed by atoms with Crippen LogP contribution in [-0.2, 0) is 4.79 Å². The summed E-state index contributed by atoms with van der Waals surface area (Å²) in [7, 11) is 0. The van der Waals surface area contributed by atoms with E-state index < -0.39 is 0 Å². The summed E-state index contributed by atoms with van der Waals surface area (Å²) >= 11 is 0. The molecule has 2 amide bonds. The Hall–Kier alpha value is -1.88. The molecule has 0 spiro atoms. The van der Waals surface area contributed by atoms with Crippen molar-refractivity contribution in [3.8, 4) is 0 Å². The first-order chi connectivity index (χ1) is 13.6. The van der Waals surface area contributed by atoms with Crippen molar-refractivity contribution >= 4 is 11.8 Å². The molecule has 1 aromatic rings. The number of benzene rings is 1. The Bertz CT molecular complexity index is 702. The van der Waals surface area contributed by atoms with E-state index in [0.717, 1.165) is 43.6 Å². The van der Waals surface area contributed by atoms with E-state index in [0.29, 0.717) is 24.9 Å². The summed E-state index contributed by atoms with van der Waals surface area (Å²) in [6.45, 7) is 5.81. The standard InChI is InChI=1S/C23H33N3O2/c1-17-6-2-5-9-20(17)23(28)26-14-12-25(13-15-26)21(19-7-3-4-8-19)22(27)24-16-18-10-11-18/h2,5-6,9,18-19,21H,3-4,7-8,10-16H2,1H3,(H,24,27)/t21-/m1/s1. The van der Waals surface area contributed by atoms with Gasteiger partial charge in [-0.25, -0.2) is 0 Å². The van der Waals surface area contributed by atoms with Crippen molar-refractivity contribution in [2.24, 2.45) is 11.8 Å².